The van der Waals surface area contributed by atoms with Crippen LogP contribution in [-0.2, 0) is 10.3 Å². The van der Waals surface area contributed by atoms with E-state index >= 15 is 0 Å². The Hall–Kier alpha value is -2.55. The molecule has 0 saturated heterocycles. The smallest absolute Gasteiger partial charge is 0.261 e. The molecule has 1 atom stereocenters. The van der Waals surface area contributed by atoms with E-state index in [1.54, 1.807) is 4.90 Å². The molecule has 104 valence electrons. The Morgan fingerprint density at radius 1 is 1.05 bits per heavy atom. The molecule has 2 aliphatic heterocycles. The van der Waals surface area contributed by atoms with Crippen LogP contribution in [0.5, 0.6) is 0 Å². The number of allylic oxidation sites excluding steroid dienone is 1. The van der Waals surface area contributed by atoms with Gasteiger partial charge in [-0.25, -0.2) is 0 Å². The van der Waals surface area contributed by atoms with Gasteiger partial charge in [-0.1, -0.05) is 36.4 Å². The van der Waals surface area contributed by atoms with Crippen LogP contribution in [0.2, 0.25) is 0 Å². The van der Waals surface area contributed by atoms with Crippen LogP contribution in [0.15, 0.2) is 54.6 Å². The van der Waals surface area contributed by atoms with E-state index in [0.717, 1.165) is 28.1 Å². The Morgan fingerprint density at radius 2 is 1.76 bits per heavy atom. The van der Waals surface area contributed by atoms with Crippen molar-refractivity contribution in [3.63, 3.8) is 0 Å². The number of nitrogens with one attached hydrogen (secondary N) is 1. The molecule has 0 saturated carbocycles. The van der Waals surface area contributed by atoms with Crippen molar-refractivity contribution >= 4 is 22.9 Å². The molecule has 0 aliphatic carbocycles. The number of benzene rings is 2. The van der Waals surface area contributed by atoms with Crippen molar-refractivity contribution in [1.29, 1.82) is 0 Å². The molecule has 1 spiro atoms. The lowest BCUT2D eigenvalue weighted by Gasteiger charge is -2.33. The van der Waals surface area contributed by atoms with E-state index in [1.165, 1.54) is 0 Å². The summed E-state index contributed by atoms with van der Waals surface area (Å²) in [6, 6.07) is 16.1. The fourth-order valence-electron chi connectivity index (χ4n) is 3.44. The molecule has 1 N–H and O–H groups in total. The maximum atomic E-state index is 12.9. The quantitative estimate of drug-likeness (QED) is 0.800. The van der Waals surface area contributed by atoms with Gasteiger partial charge in [0.15, 0.2) is 5.54 Å². The van der Waals surface area contributed by atoms with E-state index in [2.05, 4.69) is 24.4 Å². The van der Waals surface area contributed by atoms with E-state index in [0.29, 0.717) is 0 Å². The van der Waals surface area contributed by atoms with Crippen molar-refractivity contribution in [1.82, 2.24) is 0 Å². The van der Waals surface area contributed by atoms with Gasteiger partial charge in [0.05, 0.1) is 0 Å². The summed E-state index contributed by atoms with van der Waals surface area (Å²) in [5, 5.41) is 3.47. The third-order valence-corrected chi connectivity index (χ3v) is 4.45. The topological polar surface area (TPSA) is 32.3 Å². The van der Waals surface area contributed by atoms with Gasteiger partial charge in [0.25, 0.3) is 5.91 Å². The van der Waals surface area contributed by atoms with Crippen molar-refractivity contribution in [2.45, 2.75) is 12.5 Å². The maximum absolute atomic E-state index is 12.9. The first-order chi connectivity index (χ1) is 10.1. The third kappa shape index (κ3) is 1.46. The number of hydrogen-bond acceptors (Lipinski definition) is 2. The van der Waals surface area contributed by atoms with Crippen molar-refractivity contribution in [3.8, 4) is 0 Å². The van der Waals surface area contributed by atoms with Crippen LogP contribution in [-0.4, -0.2) is 13.0 Å². The zero-order valence-corrected chi connectivity index (χ0v) is 12.1. The monoisotopic (exact) mass is 276 g/mol. The molecule has 2 aliphatic rings. The van der Waals surface area contributed by atoms with Gasteiger partial charge in [-0.2, -0.15) is 0 Å². The second kappa shape index (κ2) is 3.98. The van der Waals surface area contributed by atoms with Gasteiger partial charge in [-0.05, 0) is 30.7 Å². The highest BCUT2D eigenvalue weighted by Crippen LogP contribution is 2.47. The summed E-state index contributed by atoms with van der Waals surface area (Å²) in [4.78, 5) is 14.6. The van der Waals surface area contributed by atoms with Crippen LogP contribution in [0, 0.1) is 0 Å². The number of carbonyl (C=O) groups is 1. The Labute approximate surface area is 123 Å². The molecule has 21 heavy (non-hydrogen) atoms. The van der Waals surface area contributed by atoms with Crippen LogP contribution >= 0.6 is 0 Å². The Bertz CT molecular complexity index is 793. The Morgan fingerprint density at radius 3 is 2.62 bits per heavy atom. The SMILES string of the molecule is CC1=CC2(Nc3ccccc31)C(=O)N(C)c1ccccc12. The molecule has 0 fully saturated rings. The lowest BCUT2D eigenvalue weighted by atomic mass is 9.84. The molecule has 3 heteroatoms. The number of carbonyl (C=O) groups excluding carboxylic acids is 1. The summed E-state index contributed by atoms with van der Waals surface area (Å²) in [6.45, 7) is 2.07. The second-order valence-corrected chi connectivity index (χ2v) is 5.69. The standard InChI is InChI=1S/C18H16N2O/c1-12-11-18(19-15-9-5-3-7-13(12)15)14-8-4-6-10-16(14)20(2)17(18)21/h3-11,19H,1-2H3. The summed E-state index contributed by atoms with van der Waals surface area (Å²) < 4.78 is 0. The van der Waals surface area contributed by atoms with Crippen LogP contribution in [0.1, 0.15) is 18.1 Å². The number of amides is 1. The molecular weight excluding hydrogens is 260 g/mol. The average molecular weight is 276 g/mol. The van der Waals surface area contributed by atoms with Gasteiger partial charge in [0.1, 0.15) is 0 Å². The number of anilines is 2. The van der Waals surface area contributed by atoms with Crippen LogP contribution < -0.4 is 10.2 Å². The minimum atomic E-state index is -0.774. The summed E-state index contributed by atoms with van der Waals surface area (Å²) in [6.07, 6.45) is 2.06. The Balaban J connectivity index is 1.98. The molecule has 2 aromatic carbocycles. The van der Waals surface area contributed by atoms with E-state index in [4.69, 9.17) is 0 Å². The first-order valence-electron chi connectivity index (χ1n) is 7.08. The summed E-state index contributed by atoms with van der Waals surface area (Å²) in [7, 11) is 1.83. The first kappa shape index (κ1) is 12.2. The molecule has 4 rings (SSSR count). The number of para-hydroxylation sites is 2. The molecule has 2 aromatic rings. The van der Waals surface area contributed by atoms with Crippen molar-refractivity contribution in [3.05, 3.63) is 65.7 Å². The largest absolute Gasteiger partial charge is 0.364 e. The van der Waals surface area contributed by atoms with E-state index in [-0.39, 0.29) is 5.91 Å². The van der Waals surface area contributed by atoms with Crippen molar-refractivity contribution < 1.29 is 4.79 Å². The normalized spacial score (nSPS) is 22.7. The van der Waals surface area contributed by atoms with Gasteiger partial charge in [0, 0.05) is 29.5 Å². The maximum Gasteiger partial charge on any atom is 0.261 e. The number of hydrogen-bond donors (Lipinski definition) is 1. The van der Waals surface area contributed by atoms with Crippen molar-refractivity contribution in [2.24, 2.45) is 0 Å². The highest BCUT2D eigenvalue weighted by molar-refractivity contribution is 6.12. The molecule has 3 nitrogen and oxygen atoms in total. The predicted molar refractivity (Wildman–Crippen MR) is 85.2 cm³/mol. The third-order valence-electron chi connectivity index (χ3n) is 4.45. The fraction of sp³-hybridized carbons (Fsp3) is 0.167. The molecule has 0 bridgehead atoms. The highest BCUT2D eigenvalue weighted by Gasteiger charge is 2.49. The highest BCUT2D eigenvalue weighted by atomic mass is 16.2. The van der Waals surface area contributed by atoms with Gasteiger partial charge in [-0.3, -0.25) is 4.79 Å². The summed E-state index contributed by atoms with van der Waals surface area (Å²) >= 11 is 0. The molecule has 1 amide bonds. The predicted octanol–water partition coefficient (Wildman–Crippen LogP) is 3.39. The van der Waals surface area contributed by atoms with Crippen molar-refractivity contribution in [2.75, 3.05) is 17.3 Å². The van der Waals surface area contributed by atoms with Gasteiger partial charge < -0.3 is 10.2 Å². The number of nitrogens with zero attached hydrogens (tertiary/aromatic N) is 1. The van der Waals surface area contributed by atoms with Crippen LogP contribution in [0.4, 0.5) is 11.4 Å². The molecule has 1 unspecified atom stereocenters. The van der Waals surface area contributed by atoms with E-state index < -0.39 is 5.54 Å². The minimum absolute atomic E-state index is 0.0672. The number of rotatable bonds is 0. The first-order valence-corrected chi connectivity index (χ1v) is 7.08. The molecule has 2 heterocycles. The van der Waals surface area contributed by atoms with Gasteiger partial charge in [0.2, 0.25) is 0 Å². The minimum Gasteiger partial charge on any atom is -0.364 e. The van der Waals surface area contributed by atoms with Gasteiger partial charge in [-0.15, -0.1) is 0 Å². The lowest BCUT2D eigenvalue weighted by molar-refractivity contribution is -0.120. The Kier molecular flexibility index (Phi) is 2.31. The second-order valence-electron chi connectivity index (χ2n) is 5.69. The number of likely N-dealkylation sites (N-methyl/N-ethyl adjacent to an activating group) is 1. The van der Waals surface area contributed by atoms with E-state index in [1.807, 2.05) is 49.5 Å². The molecule has 0 radical (unpaired) electrons. The zero-order valence-electron chi connectivity index (χ0n) is 12.1. The average Bonchev–Trinajstić information content (AvgIpc) is 2.71. The number of fused-ring (bicyclic) bond motifs is 3. The zero-order chi connectivity index (χ0) is 14.6. The van der Waals surface area contributed by atoms with Crippen LogP contribution in [0.3, 0.4) is 0 Å². The van der Waals surface area contributed by atoms with E-state index in [9.17, 15) is 4.79 Å². The summed E-state index contributed by atoms with van der Waals surface area (Å²) in [5.74, 6) is 0.0672. The lowest BCUT2D eigenvalue weighted by Crippen LogP contribution is -2.45. The van der Waals surface area contributed by atoms with Gasteiger partial charge >= 0.3 is 0 Å². The molecular formula is C18H16N2O. The summed E-state index contributed by atoms with van der Waals surface area (Å²) in [5.41, 5.74) is 4.51. The van der Waals surface area contributed by atoms with Crippen LogP contribution in [0.25, 0.3) is 5.57 Å². The molecule has 0 aromatic heterocycles. The fourth-order valence-corrected chi connectivity index (χ4v) is 3.44.